The fourth-order valence-corrected chi connectivity index (χ4v) is 5.33. The molecule has 2 rings (SSSR count). The first-order chi connectivity index (χ1) is 9.67. The Labute approximate surface area is 133 Å². The van der Waals surface area contributed by atoms with Crippen LogP contribution in [0.2, 0.25) is 10.0 Å². The molecule has 1 heterocycles. The normalized spacial score (nSPS) is 19.9. The number of carbonyl (C=O) groups is 1. The van der Waals surface area contributed by atoms with Crippen molar-refractivity contribution < 1.29 is 18.3 Å². The molecule has 0 spiro atoms. The van der Waals surface area contributed by atoms with Crippen molar-refractivity contribution in [1.82, 2.24) is 4.31 Å². The molecule has 1 fully saturated rings. The molecule has 21 heavy (non-hydrogen) atoms. The molecule has 1 N–H and O–H groups in total. The van der Waals surface area contributed by atoms with Gasteiger partial charge >= 0.3 is 5.97 Å². The smallest absolute Gasteiger partial charge is 0.322 e. The Morgan fingerprint density at radius 2 is 2.00 bits per heavy atom. The molecule has 1 unspecified atom stereocenters. The first kappa shape index (κ1) is 16.5. The highest BCUT2D eigenvalue weighted by Gasteiger charge is 2.41. The lowest BCUT2D eigenvalue weighted by molar-refractivity contribution is -0.140. The predicted octanol–water partition coefficient (Wildman–Crippen LogP) is 2.85. The molecule has 1 saturated heterocycles. The Bertz CT molecular complexity index is 676. The minimum Gasteiger partial charge on any atom is -0.480 e. The monoisotopic (exact) mass is 351 g/mol. The van der Waals surface area contributed by atoms with E-state index in [1.807, 2.05) is 0 Å². The predicted molar refractivity (Wildman–Crippen MR) is 80.5 cm³/mol. The number of carboxylic acids is 1. The van der Waals surface area contributed by atoms with Gasteiger partial charge in [-0.05, 0) is 43.9 Å². The number of halogens is 2. The molecule has 0 radical (unpaired) electrons. The second-order valence-corrected chi connectivity index (χ2v) is 7.67. The zero-order chi connectivity index (χ0) is 15.9. The van der Waals surface area contributed by atoms with Crippen molar-refractivity contribution >= 4 is 39.2 Å². The van der Waals surface area contributed by atoms with E-state index in [2.05, 4.69) is 0 Å². The van der Waals surface area contributed by atoms with Crippen LogP contribution in [0.1, 0.15) is 24.0 Å². The lowest BCUT2D eigenvalue weighted by atomic mass is 10.2. The lowest BCUT2D eigenvalue weighted by Crippen LogP contribution is -2.40. The number of aryl methyl sites for hydroxylation is 1. The maximum absolute atomic E-state index is 12.8. The van der Waals surface area contributed by atoms with Crippen LogP contribution in [0.4, 0.5) is 0 Å². The molecule has 0 amide bonds. The largest absolute Gasteiger partial charge is 0.480 e. The van der Waals surface area contributed by atoms with Crippen molar-refractivity contribution in [3.05, 3.63) is 27.2 Å². The summed E-state index contributed by atoms with van der Waals surface area (Å²) in [5, 5.41) is 9.56. The summed E-state index contributed by atoms with van der Waals surface area (Å²) in [5.41, 5.74) is 0.875. The van der Waals surface area contributed by atoms with E-state index in [-0.39, 0.29) is 16.5 Å². The van der Waals surface area contributed by atoms with Crippen LogP contribution in [0.25, 0.3) is 0 Å². The Kier molecular flexibility index (Phi) is 4.54. The molecule has 5 nitrogen and oxygen atoms in total. The van der Waals surface area contributed by atoms with Gasteiger partial charge in [0.1, 0.15) is 10.9 Å². The summed E-state index contributed by atoms with van der Waals surface area (Å²) in [6.45, 7) is 3.39. The average molecular weight is 352 g/mol. The molecule has 1 aliphatic heterocycles. The highest BCUT2D eigenvalue weighted by molar-refractivity contribution is 7.89. The van der Waals surface area contributed by atoms with Crippen LogP contribution in [0, 0.1) is 13.8 Å². The number of benzene rings is 1. The number of nitrogens with zero attached hydrogens (tertiary/aromatic N) is 1. The van der Waals surface area contributed by atoms with E-state index < -0.39 is 22.0 Å². The van der Waals surface area contributed by atoms with Gasteiger partial charge in [-0.1, -0.05) is 23.2 Å². The number of hydrogen-bond donors (Lipinski definition) is 1. The maximum atomic E-state index is 12.8. The van der Waals surface area contributed by atoms with Crippen molar-refractivity contribution in [2.45, 2.75) is 37.6 Å². The summed E-state index contributed by atoms with van der Waals surface area (Å²) in [6.07, 6.45) is 0.803. The Morgan fingerprint density at radius 3 is 2.57 bits per heavy atom. The summed E-state index contributed by atoms with van der Waals surface area (Å²) in [4.78, 5) is 11.1. The van der Waals surface area contributed by atoms with Gasteiger partial charge in [-0.15, -0.1) is 0 Å². The zero-order valence-electron chi connectivity index (χ0n) is 11.6. The fraction of sp³-hybridized carbons (Fsp3) is 0.462. The zero-order valence-corrected chi connectivity index (χ0v) is 13.9. The van der Waals surface area contributed by atoms with Crippen LogP contribution in [0.3, 0.4) is 0 Å². The van der Waals surface area contributed by atoms with Gasteiger partial charge in [0, 0.05) is 11.6 Å². The van der Waals surface area contributed by atoms with E-state index in [4.69, 9.17) is 23.2 Å². The van der Waals surface area contributed by atoms with Crippen LogP contribution in [-0.4, -0.2) is 36.4 Å². The molecule has 1 atom stereocenters. The molecule has 8 heteroatoms. The first-order valence-corrected chi connectivity index (χ1v) is 8.57. The van der Waals surface area contributed by atoms with Gasteiger partial charge in [-0.2, -0.15) is 4.31 Å². The lowest BCUT2D eigenvalue weighted by Gasteiger charge is -2.23. The molecule has 1 aromatic carbocycles. The van der Waals surface area contributed by atoms with E-state index >= 15 is 0 Å². The summed E-state index contributed by atoms with van der Waals surface area (Å²) in [5.74, 6) is -1.15. The summed E-state index contributed by atoms with van der Waals surface area (Å²) < 4.78 is 26.6. The standard InChI is InChI=1S/C13H15Cl2NO4S/c1-7-6-9(14)8(2)12(11(7)15)21(19,20)16-5-3-4-10(16)13(17)18/h6,10H,3-5H2,1-2H3,(H,17,18). The van der Waals surface area contributed by atoms with Crippen LogP contribution in [0.5, 0.6) is 0 Å². The summed E-state index contributed by atoms with van der Waals surface area (Å²) in [7, 11) is -4.00. The summed E-state index contributed by atoms with van der Waals surface area (Å²) >= 11 is 12.2. The van der Waals surface area contributed by atoms with Gasteiger partial charge in [0.25, 0.3) is 0 Å². The van der Waals surface area contributed by atoms with E-state index in [9.17, 15) is 18.3 Å². The van der Waals surface area contributed by atoms with Gasteiger partial charge in [0.05, 0.1) is 5.02 Å². The van der Waals surface area contributed by atoms with Gasteiger partial charge in [0.15, 0.2) is 0 Å². The van der Waals surface area contributed by atoms with Crippen molar-refractivity contribution in [3.63, 3.8) is 0 Å². The van der Waals surface area contributed by atoms with Gasteiger partial charge in [-0.3, -0.25) is 4.79 Å². The number of sulfonamides is 1. The molecule has 0 aliphatic carbocycles. The van der Waals surface area contributed by atoms with E-state index in [0.717, 1.165) is 4.31 Å². The molecule has 0 saturated carbocycles. The van der Waals surface area contributed by atoms with Gasteiger partial charge < -0.3 is 5.11 Å². The molecular weight excluding hydrogens is 337 g/mol. The third-order valence-corrected chi connectivity index (χ3v) is 6.72. The molecule has 1 aliphatic rings. The van der Waals surface area contributed by atoms with E-state index in [0.29, 0.717) is 29.0 Å². The Morgan fingerprint density at radius 1 is 1.38 bits per heavy atom. The first-order valence-electron chi connectivity index (χ1n) is 6.37. The maximum Gasteiger partial charge on any atom is 0.322 e. The molecule has 116 valence electrons. The molecule has 0 bridgehead atoms. The average Bonchev–Trinajstić information content (AvgIpc) is 2.86. The molecular formula is C13H15Cl2NO4S. The molecule has 1 aromatic rings. The van der Waals surface area contributed by atoms with Crippen LogP contribution < -0.4 is 0 Å². The second kappa shape index (κ2) is 5.76. The fourth-order valence-electron chi connectivity index (χ4n) is 2.51. The quantitative estimate of drug-likeness (QED) is 0.908. The van der Waals surface area contributed by atoms with Gasteiger partial charge in [0.2, 0.25) is 10.0 Å². The number of carboxylic acid groups (broad SMARTS) is 1. The van der Waals surface area contributed by atoms with Crippen LogP contribution in [-0.2, 0) is 14.8 Å². The van der Waals surface area contributed by atoms with Crippen molar-refractivity contribution in [1.29, 1.82) is 0 Å². The van der Waals surface area contributed by atoms with Crippen molar-refractivity contribution in [2.75, 3.05) is 6.54 Å². The van der Waals surface area contributed by atoms with Gasteiger partial charge in [-0.25, -0.2) is 8.42 Å². The molecule has 0 aromatic heterocycles. The van der Waals surface area contributed by atoms with Crippen molar-refractivity contribution in [3.8, 4) is 0 Å². The van der Waals surface area contributed by atoms with E-state index in [1.54, 1.807) is 19.9 Å². The summed E-state index contributed by atoms with van der Waals surface area (Å²) in [6, 6.07) is 0.543. The minimum absolute atomic E-state index is 0.0907. The third-order valence-electron chi connectivity index (χ3n) is 3.64. The highest BCUT2D eigenvalue weighted by atomic mass is 35.5. The van der Waals surface area contributed by atoms with Crippen molar-refractivity contribution in [2.24, 2.45) is 0 Å². The number of hydrogen-bond acceptors (Lipinski definition) is 3. The third kappa shape index (κ3) is 2.77. The second-order valence-electron chi connectivity index (χ2n) is 5.06. The Hall–Kier alpha value is -0.820. The van der Waals surface area contributed by atoms with Crippen LogP contribution >= 0.6 is 23.2 Å². The minimum atomic E-state index is -4.00. The number of rotatable bonds is 3. The topological polar surface area (TPSA) is 74.7 Å². The number of aliphatic carboxylic acids is 1. The van der Waals surface area contributed by atoms with Crippen LogP contribution in [0.15, 0.2) is 11.0 Å². The Balaban J connectivity index is 2.63. The highest BCUT2D eigenvalue weighted by Crippen LogP contribution is 2.37. The SMILES string of the molecule is Cc1cc(Cl)c(C)c(S(=O)(=O)N2CCCC2C(=O)O)c1Cl. The van der Waals surface area contributed by atoms with E-state index in [1.165, 1.54) is 0 Å².